The van der Waals surface area contributed by atoms with Crippen molar-refractivity contribution < 1.29 is 4.39 Å². The molecule has 0 bridgehead atoms. The van der Waals surface area contributed by atoms with Gasteiger partial charge in [0.05, 0.1) is 0 Å². The Kier molecular flexibility index (Phi) is 5.71. The van der Waals surface area contributed by atoms with E-state index in [1.165, 1.54) is 11.6 Å². The zero-order chi connectivity index (χ0) is 14.2. The standard InChI is InChI=1S/C17H21FN2/c18-17-9-4-8-16(12-17)14-20(11-5-10-19)13-15-6-2-1-3-7-15/h1-4,6-9,12H,5,10-11,13-14,19H2. The summed E-state index contributed by atoms with van der Waals surface area (Å²) in [4.78, 5) is 2.30. The number of nitrogens with two attached hydrogens (primary N) is 1. The van der Waals surface area contributed by atoms with Crippen LogP contribution in [0.5, 0.6) is 0 Å². The molecule has 0 aliphatic rings. The summed E-state index contributed by atoms with van der Waals surface area (Å²) in [5.74, 6) is -0.180. The van der Waals surface area contributed by atoms with E-state index in [9.17, 15) is 4.39 Å². The minimum Gasteiger partial charge on any atom is -0.330 e. The van der Waals surface area contributed by atoms with E-state index in [1.807, 2.05) is 24.3 Å². The Bertz CT molecular complexity index is 513. The Balaban J connectivity index is 2.03. The molecule has 2 N–H and O–H groups in total. The van der Waals surface area contributed by atoms with Gasteiger partial charge in [-0.2, -0.15) is 0 Å². The summed E-state index contributed by atoms with van der Waals surface area (Å²) in [5, 5.41) is 0. The Morgan fingerprint density at radius 2 is 1.60 bits per heavy atom. The highest BCUT2D eigenvalue weighted by Crippen LogP contribution is 2.11. The first-order valence-electron chi connectivity index (χ1n) is 6.99. The van der Waals surface area contributed by atoms with Gasteiger partial charge < -0.3 is 5.73 Å². The normalized spacial score (nSPS) is 10.9. The van der Waals surface area contributed by atoms with E-state index in [2.05, 4.69) is 17.0 Å². The summed E-state index contributed by atoms with van der Waals surface area (Å²) in [6.45, 7) is 3.19. The monoisotopic (exact) mass is 272 g/mol. The van der Waals surface area contributed by atoms with Gasteiger partial charge in [-0.3, -0.25) is 4.90 Å². The predicted octanol–water partition coefficient (Wildman–Crippen LogP) is 3.18. The van der Waals surface area contributed by atoms with Crippen LogP contribution in [0.3, 0.4) is 0 Å². The van der Waals surface area contributed by atoms with Gasteiger partial charge in [0.25, 0.3) is 0 Å². The smallest absolute Gasteiger partial charge is 0.123 e. The van der Waals surface area contributed by atoms with Gasteiger partial charge in [-0.15, -0.1) is 0 Å². The van der Waals surface area contributed by atoms with Gasteiger partial charge in [0, 0.05) is 19.6 Å². The largest absolute Gasteiger partial charge is 0.330 e. The van der Waals surface area contributed by atoms with Gasteiger partial charge >= 0.3 is 0 Å². The van der Waals surface area contributed by atoms with Crippen LogP contribution in [0.1, 0.15) is 17.5 Å². The maximum absolute atomic E-state index is 13.3. The molecular weight excluding hydrogens is 251 g/mol. The number of halogens is 1. The zero-order valence-corrected chi connectivity index (χ0v) is 11.6. The molecule has 0 aliphatic carbocycles. The van der Waals surface area contributed by atoms with Gasteiger partial charge in [0.15, 0.2) is 0 Å². The SMILES string of the molecule is NCCCN(Cc1ccccc1)Cc1cccc(F)c1. The summed E-state index contributed by atoms with van der Waals surface area (Å²) in [5.41, 5.74) is 7.86. The van der Waals surface area contributed by atoms with Crippen LogP contribution in [0.25, 0.3) is 0 Å². The van der Waals surface area contributed by atoms with E-state index in [0.717, 1.165) is 31.6 Å². The van der Waals surface area contributed by atoms with Crippen LogP contribution in [0.2, 0.25) is 0 Å². The summed E-state index contributed by atoms with van der Waals surface area (Å²) in [7, 11) is 0. The number of hydrogen-bond acceptors (Lipinski definition) is 2. The fourth-order valence-corrected chi connectivity index (χ4v) is 2.26. The summed E-state index contributed by atoms with van der Waals surface area (Å²) < 4.78 is 13.3. The Morgan fingerprint density at radius 3 is 2.30 bits per heavy atom. The highest BCUT2D eigenvalue weighted by molar-refractivity contribution is 5.17. The molecule has 0 saturated heterocycles. The van der Waals surface area contributed by atoms with Crippen molar-refractivity contribution in [3.8, 4) is 0 Å². The van der Waals surface area contributed by atoms with Crippen molar-refractivity contribution in [1.82, 2.24) is 4.90 Å². The molecule has 2 aromatic rings. The van der Waals surface area contributed by atoms with Gasteiger partial charge in [0.2, 0.25) is 0 Å². The first-order valence-corrected chi connectivity index (χ1v) is 6.99. The second kappa shape index (κ2) is 7.78. The molecule has 0 heterocycles. The lowest BCUT2D eigenvalue weighted by Gasteiger charge is -2.22. The van der Waals surface area contributed by atoms with Crippen molar-refractivity contribution in [2.45, 2.75) is 19.5 Å². The minimum absolute atomic E-state index is 0.180. The van der Waals surface area contributed by atoms with E-state index < -0.39 is 0 Å². The van der Waals surface area contributed by atoms with Crippen molar-refractivity contribution in [3.63, 3.8) is 0 Å². The van der Waals surface area contributed by atoms with Crippen molar-refractivity contribution in [2.24, 2.45) is 5.73 Å². The predicted molar refractivity (Wildman–Crippen MR) is 80.6 cm³/mol. The molecule has 3 heteroatoms. The van der Waals surface area contributed by atoms with Crippen LogP contribution < -0.4 is 5.73 Å². The van der Waals surface area contributed by atoms with Crippen LogP contribution in [0, 0.1) is 5.82 Å². The van der Waals surface area contributed by atoms with Crippen LogP contribution in [-0.4, -0.2) is 18.0 Å². The van der Waals surface area contributed by atoms with E-state index in [4.69, 9.17) is 5.73 Å². The van der Waals surface area contributed by atoms with Gasteiger partial charge in [-0.1, -0.05) is 42.5 Å². The summed E-state index contributed by atoms with van der Waals surface area (Å²) in [6, 6.07) is 17.1. The topological polar surface area (TPSA) is 29.3 Å². The molecule has 0 amide bonds. The number of nitrogens with zero attached hydrogens (tertiary/aromatic N) is 1. The molecule has 2 rings (SSSR count). The summed E-state index contributed by atoms with van der Waals surface area (Å²) >= 11 is 0. The third-order valence-electron chi connectivity index (χ3n) is 3.22. The molecule has 0 spiro atoms. The van der Waals surface area contributed by atoms with Crippen LogP contribution in [-0.2, 0) is 13.1 Å². The first kappa shape index (κ1) is 14.7. The van der Waals surface area contributed by atoms with E-state index in [-0.39, 0.29) is 5.82 Å². The second-order valence-electron chi connectivity index (χ2n) is 4.97. The number of rotatable bonds is 7. The highest BCUT2D eigenvalue weighted by atomic mass is 19.1. The van der Waals surface area contributed by atoms with E-state index in [1.54, 1.807) is 12.1 Å². The molecule has 2 nitrogen and oxygen atoms in total. The Hall–Kier alpha value is -1.71. The lowest BCUT2D eigenvalue weighted by molar-refractivity contribution is 0.254. The lowest BCUT2D eigenvalue weighted by atomic mass is 10.1. The van der Waals surface area contributed by atoms with E-state index >= 15 is 0 Å². The third kappa shape index (κ3) is 4.76. The molecule has 106 valence electrons. The Morgan fingerprint density at radius 1 is 0.900 bits per heavy atom. The average Bonchev–Trinajstić information content (AvgIpc) is 2.46. The quantitative estimate of drug-likeness (QED) is 0.839. The third-order valence-corrected chi connectivity index (χ3v) is 3.22. The fourth-order valence-electron chi connectivity index (χ4n) is 2.26. The molecule has 0 fully saturated rings. The minimum atomic E-state index is -0.180. The van der Waals surface area contributed by atoms with Gasteiger partial charge in [-0.25, -0.2) is 4.39 Å². The lowest BCUT2D eigenvalue weighted by Crippen LogP contribution is -2.25. The molecule has 20 heavy (non-hydrogen) atoms. The maximum Gasteiger partial charge on any atom is 0.123 e. The molecular formula is C17H21FN2. The molecule has 2 aromatic carbocycles. The first-order chi connectivity index (χ1) is 9.78. The van der Waals surface area contributed by atoms with Crippen molar-refractivity contribution in [1.29, 1.82) is 0 Å². The van der Waals surface area contributed by atoms with Crippen LogP contribution in [0.4, 0.5) is 4.39 Å². The van der Waals surface area contributed by atoms with Gasteiger partial charge in [0.1, 0.15) is 5.82 Å². The molecule has 0 saturated carbocycles. The Labute approximate surface area is 120 Å². The van der Waals surface area contributed by atoms with Crippen molar-refractivity contribution >= 4 is 0 Å². The van der Waals surface area contributed by atoms with Crippen molar-refractivity contribution in [3.05, 3.63) is 71.5 Å². The molecule has 0 radical (unpaired) electrons. The zero-order valence-electron chi connectivity index (χ0n) is 11.6. The molecule has 0 atom stereocenters. The number of hydrogen-bond donors (Lipinski definition) is 1. The van der Waals surface area contributed by atoms with Crippen LogP contribution in [0.15, 0.2) is 54.6 Å². The maximum atomic E-state index is 13.3. The number of benzene rings is 2. The van der Waals surface area contributed by atoms with Crippen molar-refractivity contribution in [2.75, 3.05) is 13.1 Å². The summed E-state index contributed by atoms with van der Waals surface area (Å²) in [6.07, 6.45) is 0.947. The highest BCUT2D eigenvalue weighted by Gasteiger charge is 2.07. The van der Waals surface area contributed by atoms with Gasteiger partial charge in [-0.05, 0) is 36.2 Å². The fraction of sp³-hybridized carbons (Fsp3) is 0.294. The van der Waals surface area contributed by atoms with E-state index in [0.29, 0.717) is 6.54 Å². The second-order valence-corrected chi connectivity index (χ2v) is 4.97. The molecule has 0 aliphatic heterocycles. The van der Waals surface area contributed by atoms with Crippen LogP contribution >= 0.6 is 0 Å². The molecule has 0 unspecified atom stereocenters. The molecule has 0 aromatic heterocycles. The average molecular weight is 272 g/mol.